The molecule has 3 rings (SSSR count). The predicted octanol–water partition coefficient (Wildman–Crippen LogP) is 1.69. The van der Waals surface area contributed by atoms with Crippen molar-refractivity contribution >= 4 is 11.6 Å². The molecule has 0 saturated heterocycles. The van der Waals surface area contributed by atoms with Crippen molar-refractivity contribution in [2.24, 2.45) is 0 Å². The maximum atomic E-state index is 4.38. The van der Waals surface area contributed by atoms with E-state index in [0.29, 0.717) is 6.04 Å². The van der Waals surface area contributed by atoms with Gasteiger partial charge in [-0.1, -0.05) is 6.07 Å². The highest BCUT2D eigenvalue weighted by atomic mass is 15.3. The van der Waals surface area contributed by atoms with Gasteiger partial charge in [-0.15, -0.1) is 5.10 Å². The van der Waals surface area contributed by atoms with Gasteiger partial charge in [-0.3, -0.25) is 0 Å². The summed E-state index contributed by atoms with van der Waals surface area (Å²) < 4.78 is 1.79. The molecule has 0 radical (unpaired) electrons. The number of hydrogen-bond donors (Lipinski definition) is 1. The number of rotatable bonds is 2. The zero-order valence-corrected chi connectivity index (χ0v) is 7.85. The number of nitrogens with zero attached hydrogens (tertiary/aromatic N) is 3. The average Bonchev–Trinajstić information content (AvgIpc) is 2.53. The Balaban J connectivity index is 1.89. The van der Waals surface area contributed by atoms with Crippen LogP contribution in [0.1, 0.15) is 19.3 Å². The molecule has 0 atom stereocenters. The van der Waals surface area contributed by atoms with Crippen LogP contribution in [-0.4, -0.2) is 20.6 Å². The fraction of sp³-hybridized carbons (Fsp3) is 0.400. The molecule has 2 heterocycles. The maximum absolute atomic E-state index is 4.38. The summed E-state index contributed by atoms with van der Waals surface area (Å²) in [6.45, 7) is 0. The van der Waals surface area contributed by atoms with Crippen molar-refractivity contribution in [3.05, 3.63) is 24.4 Å². The molecule has 1 N–H and O–H groups in total. The van der Waals surface area contributed by atoms with Crippen molar-refractivity contribution < 1.29 is 0 Å². The van der Waals surface area contributed by atoms with Crippen LogP contribution in [0.4, 0.5) is 5.95 Å². The standard InChI is InChI=1S/C10H12N4/c1-2-7-14-9(6-1)12-10(13-14)11-8-4-3-5-8/h1-2,6-8H,3-5H2,(H,11,13). The van der Waals surface area contributed by atoms with Crippen LogP contribution in [0, 0.1) is 0 Å². The van der Waals surface area contributed by atoms with Crippen LogP contribution in [0.15, 0.2) is 24.4 Å². The highest BCUT2D eigenvalue weighted by molar-refractivity contribution is 5.43. The topological polar surface area (TPSA) is 42.2 Å². The van der Waals surface area contributed by atoms with Gasteiger partial charge in [0.15, 0.2) is 5.65 Å². The molecule has 1 fully saturated rings. The number of nitrogens with one attached hydrogen (secondary N) is 1. The third-order valence-corrected chi connectivity index (χ3v) is 2.68. The monoisotopic (exact) mass is 188 g/mol. The van der Waals surface area contributed by atoms with Gasteiger partial charge in [0, 0.05) is 12.2 Å². The summed E-state index contributed by atoms with van der Waals surface area (Å²) in [5.74, 6) is 0.751. The Morgan fingerprint density at radius 2 is 2.29 bits per heavy atom. The van der Waals surface area contributed by atoms with Gasteiger partial charge in [-0.05, 0) is 31.4 Å². The molecule has 0 unspecified atom stereocenters. The Morgan fingerprint density at radius 1 is 1.36 bits per heavy atom. The molecule has 1 saturated carbocycles. The van der Waals surface area contributed by atoms with Gasteiger partial charge >= 0.3 is 0 Å². The number of aromatic nitrogens is 3. The summed E-state index contributed by atoms with van der Waals surface area (Å²) in [4.78, 5) is 4.38. The largest absolute Gasteiger partial charge is 0.350 e. The SMILES string of the molecule is c1ccn2nc(NC3CCC3)nc2c1. The zero-order valence-electron chi connectivity index (χ0n) is 7.85. The maximum Gasteiger partial charge on any atom is 0.243 e. The molecule has 0 spiro atoms. The van der Waals surface area contributed by atoms with Crippen LogP contribution >= 0.6 is 0 Å². The molecule has 1 aliphatic rings. The molecule has 4 nitrogen and oxygen atoms in total. The molecule has 0 bridgehead atoms. The first-order valence-electron chi connectivity index (χ1n) is 5.00. The van der Waals surface area contributed by atoms with Gasteiger partial charge in [0.2, 0.25) is 5.95 Å². The lowest BCUT2D eigenvalue weighted by molar-refractivity contribution is 0.443. The lowest BCUT2D eigenvalue weighted by Gasteiger charge is -2.25. The fourth-order valence-corrected chi connectivity index (χ4v) is 1.63. The van der Waals surface area contributed by atoms with E-state index in [-0.39, 0.29) is 0 Å². The smallest absolute Gasteiger partial charge is 0.243 e. The molecule has 2 aromatic heterocycles. The van der Waals surface area contributed by atoms with E-state index >= 15 is 0 Å². The van der Waals surface area contributed by atoms with E-state index in [1.54, 1.807) is 4.52 Å². The Labute approximate surface area is 82.0 Å². The Hall–Kier alpha value is -1.58. The van der Waals surface area contributed by atoms with Gasteiger partial charge in [-0.25, -0.2) is 4.52 Å². The molecular weight excluding hydrogens is 176 g/mol. The molecule has 2 aromatic rings. The van der Waals surface area contributed by atoms with E-state index in [4.69, 9.17) is 0 Å². The van der Waals surface area contributed by atoms with Crippen molar-refractivity contribution in [1.29, 1.82) is 0 Å². The van der Waals surface area contributed by atoms with E-state index < -0.39 is 0 Å². The van der Waals surface area contributed by atoms with Crippen LogP contribution in [0.5, 0.6) is 0 Å². The van der Waals surface area contributed by atoms with Crippen LogP contribution in [0.3, 0.4) is 0 Å². The average molecular weight is 188 g/mol. The van der Waals surface area contributed by atoms with Crippen molar-refractivity contribution in [3.63, 3.8) is 0 Å². The van der Waals surface area contributed by atoms with Crippen molar-refractivity contribution in [2.45, 2.75) is 25.3 Å². The van der Waals surface area contributed by atoms with Gasteiger partial charge in [-0.2, -0.15) is 4.98 Å². The first kappa shape index (κ1) is 7.79. The summed E-state index contributed by atoms with van der Waals surface area (Å²) in [6, 6.07) is 6.47. The first-order chi connectivity index (χ1) is 6.92. The number of fused-ring (bicyclic) bond motifs is 1. The minimum Gasteiger partial charge on any atom is -0.350 e. The molecule has 1 aliphatic carbocycles. The molecule has 4 heteroatoms. The van der Waals surface area contributed by atoms with Crippen LogP contribution in [-0.2, 0) is 0 Å². The Kier molecular flexibility index (Phi) is 1.65. The second-order valence-corrected chi connectivity index (χ2v) is 3.71. The number of pyridine rings is 1. The first-order valence-corrected chi connectivity index (χ1v) is 5.00. The van der Waals surface area contributed by atoms with E-state index in [9.17, 15) is 0 Å². The van der Waals surface area contributed by atoms with Gasteiger partial charge in [0.1, 0.15) is 0 Å². The molecular formula is C10H12N4. The Morgan fingerprint density at radius 3 is 3.00 bits per heavy atom. The second-order valence-electron chi connectivity index (χ2n) is 3.71. The van der Waals surface area contributed by atoms with E-state index in [2.05, 4.69) is 15.4 Å². The number of hydrogen-bond acceptors (Lipinski definition) is 3. The number of anilines is 1. The highest BCUT2D eigenvalue weighted by Crippen LogP contribution is 2.21. The fourth-order valence-electron chi connectivity index (χ4n) is 1.63. The normalized spacial score (nSPS) is 16.9. The quantitative estimate of drug-likeness (QED) is 0.779. The minimum absolute atomic E-state index is 0.590. The van der Waals surface area contributed by atoms with Crippen molar-refractivity contribution in [3.8, 4) is 0 Å². The van der Waals surface area contributed by atoms with E-state index in [1.807, 2.05) is 24.4 Å². The zero-order chi connectivity index (χ0) is 9.38. The summed E-state index contributed by atoms with van der Waals surface area (Å²) in [5, 5.41) is 7.65. The van der Waals surface area contributed by atoms with E-state index in [0.717, 1.165) is 11.6 Å². The van der Waals surface area contributed by atoms with Crippen molar-refractivity contribution in [1.82, 2.24) is 14.6 Å². The van der Waals surface area contributed by atoms with Crippen LogP contribution in [0.25, 0.3) is 5.65 Å². The molecule has 0 aromatic carbocycles. The van der Waals surface area contributed by atoms with Gasteiger partial charge < -0.3 is 5.32 Å². The molecule has 14 heavy (non-hydrogen) atoms. The third-order valence-electron chi connectivity index (χ3n) is 2.68. The summed E-state index contributed by atoms with van der Waals surface area (Å²) in [5.41, 5.74) is 0.898. The molecule has 0 aliphatic heterocycles. The predicted molar refractivity (Wildman–Crippen MR) is 54.2 cm³/mol. The van der Waals surface area contributed by atoms with Gasteiger partial charge in [0.25, 0.3) is 0 Å². The molecule has 0 amide bonds. The summed E-state index contributed by atoms with van der Waals surface area (Å²) in [7, 11) is 0. The molecule has 72 valence electrons. The Bertz CT molecular complexity index is 411. The van der Waals surface area contributed by atoms with E-state index in [1.165, 1.54) is 19.3 Å². The van der Waals surface area contributed by atoms with Crippen LogP contribution in [0.2, 0.25) is 0 Å². The van der Waals surface area contributed by atoms with Crippen LogP contribution < -0.4 is 5.32 Å². The lowest BCUT2D eigenvalue weighted by atomic mass is 9.93. The highest BCUT2D eigenvalue weighted by Gasteiger charge is 2.18. The van der Waals surface area contributed by atoms with Crippen molar-refractivity contribution in [2.75, 3.05) is 5.32 Å². The second kappa shape index (κ2) is 2.97. The summed E-state index contributed by atoms with van der Waals surface area (Å²) in [6.07, 6.45) is 5.73. The van der Waals surface area contributed by atoms with Gasteiger partial charge in [0.05, 0.1) is 0 Å². The third kappa shape index (κ3) is 1.23. The summed E-state index contributed by atoms with van der Waals surface area (Å²) >= 11 is 0. The lowest BCUT2D eigenvalue weighted by Crippen LogP contribution is -2.27. The minimum atomic E-state index is 0.590.